The Bertz CT molecular complexity index is 785. The maximum absolute atomic E-state index is 12.5. The zero-order valence-corrected chi connectivity index (χ0v) is 14.5. The molecule has 124 valence electrons. The van der Waals surface area contributed by atoms with Gasteiger partial charge in [0.15, 0.2) is 0 Å². The van der Waals surface area contributed by atoms with Crippen LogP contribution in [-0.2, 0) is 10.0 Å². The van der Waals surface area contributed by atoms with Crippen LogP contribution in [0.4, 0.5) is 5.69 Å². The summed E-state index contributed by atoms with van der Waals surface area (Å²) in [7, 11) is -2.12. The predicted molar refractivity (Wildman–Crippen MR) is 90.7 cm³/mol. The fourth-order valence-electron chi connectivity index (χ4n) is 2.14. The molecule has 0 radical (unpaired) electrons. The zero-order valence-electron chi connectivity index (χ0n) is 13.7. The summed E-state index contributed by atoms with van der Waals surface area (Å²) in [6.45, 7) is 5.63. The summed E-state index contributed by atoms with van der Waals surface area (Å²) in [5.41, 5.74) is 1.21. The molecule has 0 atom stereocenters. The van der Waals surface area contributed by atoms with Crippen LogP contribution in [0.5, 0.6) is 11.5 Å². The summed E-state index contributed by atoms with van der Waals surface area (Å²) >= 11 is 0. The van der Waals surface area contributed by atoms with E-state index in [0.29, 0.717) is 17.2 Å². The molecule has 0 aromatic heterocycles. The molecule has 0 heterocycles. The number of rotatable bonds is 6. The fourth-order valence-corrected chi connectivity index (χ4v) is 3.27. The van der Waals surface area contributed by atoms with Gasteiger partial charge in [0.25, 0.3) is 10.0 Å². The predicted octanol–water partition coefficient (Wildman–Crippen LogP) is 3.59. The lowest BCUT2D eigenvalue weighted by molar-refractivity contribution is 0.242. The number of ether oxygens (including phenoxy) is 2. The topological polar surface area (TPSA) is 64.6 Å². The molecular weight excluding hydrogens is 314 g/mol. The van der Waals surface area contributed by atoms with E-state index in [1.165, 1.54) is 6.07 Å². The van der Waals surface area contributed by atoms with Gasteiger partial charge in [-0.2, -0.15) is 0 Å². The van der Waals surface area contributed by atoms with Gasteiger partial charge in [-0.15, -0.1) is 0 Å². The quantitative estimate of drug-likeness (QED) is 0.876. The fraction of sp³-hybridized carbons (Fsp3) is 0.294. The highest BCUT2D eigenvalue weighted by Gasteiger charge is 2.16. The lowest BCUT2D eigenvalue weighted by Crippen LogP contribution is -2.13. The van der Waals surface area contributed by atoms with Crippen LogP contribution in [0.15, 0.2) is 47.4 Å². The number of hydrogen-bond acceptors (Lipinski definition) is 4. The molecule has 2 aromatic carbocycles. The van der Waals surface area contributed by atoms with E-state index in [1.54, 1.807) is 50.4 Å². The van der Waals surface area contributed by atoms with Gasteiger partial charge in [0.2, 0.25) is 0 Å². The molecule has 0 saturated carbocycles. The van der Waals surface area contributed by atoms with E-state index >= 15 is 0 Å². The average Bonchev–Trinajstić information content (AvgIpc) is 2.46. The SMILES string of the molecule is COc1ccc(S(=O)(=O)Nc2cccc(OC(C)C)c2)cc1C. The second kappa shape index (κ2) is 6.91. The minimum Gasteiger partial charge on any atom is -0.496 e. The lowest BCUT2D eigenvalue weighted by atomic mass is 10.2. The second-order valence-corrected chi connectivity index (χ2v) is 7.11. The van der Waals surface area contributed by atoms with Gasteiger partial charge in [-0.1, -0.05) is 6.07 Å². The number of hydrogen-bond donors (Lipinski definition) is 1. The van der Waals surface area contributed by atoms with Crippen LogP contribution in [0, 0.1) is 6.92 Å². The Hall–Kier alpha value is -2.21. The van der Waals surface area contributed by atoms with Crippen LogP contribution < -0.4 is 14.2 Å². The molecule has 2 rings (SSSR count). The van der Waals surface area contributed by atoms with Gasteiger partial charge in [0.1, 0.15) is 11.5 Å². The summed E-state index contributed by atoms with van der Waals surface area (Å²) < 4.78 is 38.3. The molecule has 0 aliphatic heterocycles. The van der Waals surface area contributed by atoms with Crippen molar-refractivity contribution in [3.05, 3.63) is 48.0 Å². The molecule has 0 aliphatic carbocycles. The third-order valence-electron chi connectivity index (χ3n) is 3.13. The van der Waals surface area contributed by atoms with Crippen molar-refractivity contribution in [2.24, 2.45) is 0 Å². The molecule has 0 unspecified atom stereocenters. The first-order chi connectivity index (χ1) is 10.8. The minimum absolute atomic E-state index is 0.0195. The molecule has 1 N–H and O–H groups in total. The van der Waals surface area contributed by atoms with Crippen LogP contribution in [0.25, 0.3) is 0 Å². The van der Waals surface area contributed by atoms with E-state index in [1.807, 2.05) is 13.8 Å². The van der Waals surface area contributed by atoms with Crippen molar-refractivity contribution >= 4 is 15.7 Å². The molecule has 0 spiro atoms. The number of nitrogens with one attached hydrogen (secondary N) is 1. The average molecular weight is 335 g/mol. The van der Waals surface area contributed by atoms with Crippen molar-refractivity contribution in [1.82, 2.24) is 0 Å². The van der Waals surface area contributed by atoms with Gasteiger partial charge in [-0.05, 0) is 56.7 Å². The van der Waals surface area contributed by atoms with Crippen molar-refractivity contribution in [3.8, 4) is 11.5 Å². The first kappa shape index (κ1) is 17.1. The first-order valence-corrected chi connectivity index (χ1v) is 8.74. The summed E-state index contributed by atoms with van der Waals surface area (Å²) in [4.78, 5) is 0.186. The highest BCUT2D eigenvalue weighted by Crippen LogP contribution is 2.25. The molecule has 23 heavy (non-hydrogen) atoms. The smallest absolute Gasteiger partial charge is 0.261 e. The maximum atomic E-state index is 12.5. The van der Waals surface area contributed by atoms with Crippen LogP contribution in [0.2, 0.25) is 0 Å². The van der Waals surface area contributed by atoms with Crippen LogP contribution in [-0.4, -0.2) is 21.6 Å². The molecule has 0 fully saturated rings. The third kappa shape index (κ3) is 4.39. The Kier molecular flexibility index (Phi) is 5.15. The van der Waals surface area contributed by atoms with Crippen molar-refractivity contribution in [3.63, 3.8) is 0 Å². The van der Waals surface area contributed by atoms with Gasteiger partial charge in [0.05, 0.1) is 23.8 Å². The second-order valence-electron chi connectivity index (χ2n) is 5.43. The number of aryl methyl sites for hydroxylation is 1. The normalized spacial score (nSPS) is 11.3. The van der Waals surface area contributed by atoms with Crippen molar-refractivity contribution in [2.45, 2.75) is 31.8 Å². The van der Waals surface area contributed by atoms with E-state index in [0.717, 1.165) is 5.56 Å². The van der Waals surface area contributed by atoms with Gasteiger partial charge in [-0.25, -0.2) is 8.42 Å². The number of methoxy groups -OCH3 is 1. The molecule has 0 aliphatic rings. The summed E-state index contributed by atoms with van der Waals surface area (Å²) in [5, 5.41) is 0. The van der Waals surface area contributed by atoms with Crippen LogP contribution >= 0.6 is 0 Å². The Morgan fingerprint density at radius 1 is 1.09 bits per heavy atom. The molecule has 6 heteroatoms. The highest BCUT2D eigenvalue weighted by molar-refractivity contribution is 7.92. The van der Waals surface area contributed by atoms with Gasteiger partial charge in [-0.3, -0.25) is 4.72 Å². The number of benzene rings is 2. The first-order valence-electron chi connectivity index (χ1n) is 7.26. The Balaban J connectivity index is 2.26. The van der Waals surface area contributed by atoms with E-state index in [2.05, 4.69) is 4.72 Å². The summed E-state index contributed by atoms with van der Waals surface area (Å²) in [6.07, 6.45) is 0.0195. The monoisotopic (exact) mass is 335 g/mol. The van der Waals surface area contributed by atoms with E-state index < -0.39 is 10.0 Å². The maximum Gasteiger partial charge on any atom is 0.261 e. The van der Waals surface area contributed by atoms with Crippen LogP contribution in [0.1, 0.15) is 19.4 Å². The standard InChI is InChI=1S/C17H21NO4S/c1-12(2)22-15-7-5-6-14(11-15)18-23(19,20)16-8-9-17(21-4)13(3)10-16/h5-12,18H,1-4H3. The third-order valence-corrected chi connectivity index (χ3v) is 4.51. The van der Waals surface area contributed by atoms with Crippen molar-refractivity contribution in [2.75, 3.05) is 11.8 Å². The number of anilines is 1. The molecule has 2 aromatic rings. The van der Waals surface area contributed by atoms with Gasteiger partial charge < -0.3 is 9.47 Å². The van der Waals surface area contributed by atoms with Crippen LogP contribution in [0.3, 0.4) is 0 Å². The molecular formula is C17H21NO4S. The molecule has 0 saturated heterocycles. The largest absolute Gasteiger partial charge is 0.496 e. The Morgan fingerprint density at radius 2 is 1.83 bits per heavy atom. The van der Waals surface area contributed by atoms with Gasteiger partial charge >= 0.3 is 0 Å². The van der Waals surface area contributed by atoms with Crippen molar-refractivity contribution in [1.29, 1.82) is 0 Å². The summed E-state index contributed by atoms with van der Waals surface area (Å²) in [5.74, 6) is 1.27. The Labute approximate surface area is 137 Å². The Morgan fingerprint density at radius 3 is 2.43 bits per heavy atom. The number of sulfonamides is 1. The van der Waals surface area contributed by atoms with Crippen molar-refractivity contribution < 1.29 is 17.9 Å². The zero-order chi connectivity index (χ0) is 17.0. The highest BCUT2D eigenvalue weighted by atomic mass is 32.2. The molecule has 5 nitrogen and oxygen atoms in total. The minimum atomic E-state index is -3.67. The lowest BCUT2D eigenvalue weighted by Gasteiger charge is -2.13. The van der Waals surface area contributed by atoms with E-state index in [4.69, 9.17) is 9.47 Å². The van der Waals surface area contributed by atoms with Gasteiger partial charge in [0, 0.05) is 6.07 Å². The molecule has 0 amide bonds. The van der Waals surface area contributed by atoms with E-state index in [-0.39, 0.29) is 11.0 Å². The molecule has 0 bridgehead atoms. The summed E-state index contributed by atoms with van der Waals surface area (Å²) in [6, 6.07) is 11.6. The van der Waals surface area contributed by atoms with E-state index in [9.17, 15) is 8.42 Å².